The Balaban J connectivity index is 1.38. The van der Waals surface area contributed by atoms with Gasteiger partial charge in [-0.1, -0.05) is 54.2 Å². The summed E-state index contributed by atoms with van der Waals surface area (Å²) in [6.45, 7) is 0.346. The fourth-order valence-corrected chi connectivity index (χ4v) is 4.33. The van der Waals surface area contributed by atoms with Gasteiger partial charge in [0.2, 0.25) is 5.91 Å². The highest BCUT2D eigenvalue weighted by Crippen LogP contribution is 2.27. The first-order valence-corrected chi connectivity index (χ1v) is 11.2. The normalized spacial score (nSPS) is 10.8. The number of non-ortho nitro benzene ring substituents is 1. The molecule has 2 aromatic carbocycles. The Labute approximate surface area is 189 Å². The number of nitrogens with one attached hydrogen (secondary N) is 2. The molecule has 2 heterocycles. The molecule has 0 aliphatic carbocycles. The van der Waals surface area contributed by atoms with E-state index in [1.807, 2.05) is 30.3 Å². The third-order valence-corrected chi connectivity index (χ3v) is 6.08. The van der Waals surface area contributed by atoms with E-state index in [2.05, 4.69) is 20.5 Å². The van der Waals surface area contributed by atoms with Crippen molar-refractivity contribution in [2.24, 2.45) is 0 Å². The van der Waals surface area contributed by atoms with Crippen LogP contribution in [0.1, 0.15) is 5.56 Å². The number of amides is 1. The molecule has 0 bridgehead atoms. The van der Waals surface area contributed by atoms with E-state index in [0.29, 0.717) is 28.1 Å². The quantitative estimate of drug-likeness (QED) is 0.230. The highest BCUT2D eigenvalue weighted by Gasteiger charge is 2.14. The zero-order chi connectivity index (χ0) is 22.5. The lowest BCUT2D eigenvalue weighted by Gasteiger charge is -2.05. The Bertz CT molecular complexity index is 1310. The minimum absolute atomic E-state index is 0.0296. The molecule has 0 saturated carbocycles. The zero-order valence-corrected chi connectivity index (χ0v) is 18.1. The minimum atomic E-state index is -0.470. The van der Waals surface area contributed by atoms with Crippen LogP contribution in [0, 0.1) is 10.1 Å². The standard InChI is InChI=1S/C20H16N6O4S2/c27-17(12-32-20-24-23-19(28)25(20)10-13-5-2-1-3-6-13)22-18-21-16(11-31-18)14-7-4-8-15(9-14)26(29)30/h1-9,11H,10,12H2,(H,23,28)(H,21,22,27). The van der Waals surface area contributed by atoms with E-state index in [0.717, 1.165) is 17.3 Å². The third-order valence-electron chi connectivity index (χ3n) is 4.34. The molecule has 0 unspecified atom stereocenters. The van der Waals surface area contributed by atoms with Crippen molar-refractivity contribution in [1.82, 2.24) is 19.7 Å². The fraction of sp³-hybridized carbons (Fsp3) is 0.100. The number of carbonyl (C=O) groups is 1. The van der Waals surface area contributed by atoms with Crippen molar-refractivity contribution in [3.05, 3.63) is 86.1 Å². The molecule has 2 aromatic heterocycles. The number of nitro benzene ring substituents is 1. The van der Waals surface area contributed by atoms with Gasteiger partial charge in [-0.05, 0) is 5.56 Å². The number of hydrogen-bond acceptors (Lipinski definition) is 8. The first-order valence-electron chi connectivity index (χ1n) is 9.32. The molecule has 0 aliphatic heterocycles. The molecule has 0 saturated heterocycles. The Morgan fingerprint density at radius 2 is 2.03 bits per heavy atom. The van der Waals surface area contributed by atoms with Crippen molar-refractivity contribution in [2.75, 3.05) is 11.1 Å². The summed E-state index contributed by atoms with van der Waals surface area (Å²) in [5.41, 5.74) is 1.69. The van der Waals surface area contributed by atoms with Crippen LogP contribution in [0.15, 0.2) is 69.9 Å². The summed E-state index contributed by atoms with van der Waals surface area (Å²) >= 11 is 2.35. The van der Waals surface area contributed by atoms with Crippen LogP contribution in [0.25, 0.3) is 11.3 Å². The number of aromatic nitrogens is 4. The van der Waals surface area contributed by atoms with Gasteiger partial charge < -0.3 is 5.32 Å². The first-order chi connectivity index (χ1) is 15.5. The summed E-state index contributed by atoms with van der Waals surface area (Å²) in [7, 11) is 0. The van der Waals surface area contributed by atoms with Crippen LogP contribution in [0.4, 0.5) is 10.8 Å². The summed E-state index contributed by atoms with van der Waals surface area (Å²) in [5.74, 6) is -0.276. The Hall–Kier alpha value is -3.77. The van der Waals surface area contributed by atoms with Crippen molar-refractivity contribution < 1.29 is 9.72 Å². The number of hydrogen-bond donors (Lipinski definition) is 2. The van der Waals surface area contributed by atoms with Crippen LogP contribution in [0.5, 0.6) is 0 Å². The molecular weight excluding hydrogens is 452 g/mol. The van der Waals surface area contributed by atoms with E-state index < -0.39 is 4.92 Å². The molecule has 0 radical (unpaired) electrons. The van der Waals surface area contributed by atoms with Crippen molar-refractivity contribution >= 4 is 39.8 Å². The van der Waals surface area contributed by atoms with Crippen molar-refractivity contribution in [1.29, 1.82) is 0 Å². The number of anilines is 1. The summed E-state index contributed by atoms with van der Waals surface area (Å²) in [6, 6.07) is 15.6. The zero-order valence-electron chi connectivity index (χ0n) is 16.4. The van der Waals surface area contributed by atoms with Crippen LogP contribution < -0.4 is 11.0 Å². The first kappa shape index (κ1) is 21.5. The van der Waals surface area contributed by atoms with Crippen LogP contribution >= 0.6 is 23.1 Å². The Morgan fingerprint density at radius 3 is 2.81 bits per heavy atom. The molecule has 0 fully saturated rings. The molecule has 0 aliphatic rings. The van der Waals surface area contributed by atoms with Gasteiger partial charge in [-0.3, -0.25) is 19.5 Å². The van der Waals surface area contributed by atoms with Gasteiger partial charge in [-0.15, -0.1) is 16.4 Å². The monoisotopic (exact) mass is 468 g/mol. The number of thioether (sulfide) groups is 1. The van der Waals surface area contributed by atoms with E-state index in [-0.39, 0.29) is 23.0 Å². The maximum Gasteiger partial charge on any atom is 0.344 e. The van der Waals surface area contributed by atoms with Crippen LogP contribution in [-0.2, 0) is 11.3 Å². The number of H-pyrrole nitrogens is 1. The highest BCUT2D eigenvalue weighted by molar-refractivity contribution is 7.99. The molecule has 1 amide bonds. The Kier molecular flexibility index (Phi) is 6.42. The number of rotatable bonds is 8. The van der Waals surface area contributed by atoms with Gasteiger partial charge in [0.15, 0.2) is 10.3 Å². The molecule has 162 valence electrons. The fourth-order valence-electron chi connectivity index (χ4n) is 2.85. The molecule has 0 atom stereocenters. The average Bonchev–Trinajstić information content (AvgIpc) is 3.40. The summed E-state index contributed by atoms with van der Waals surface area (Å²) in [4.78, 5) is 39.2. The second-order valence-corrected chi connectivity index (χ2v) is 8.37. The molecule has 4 aromatic rings. The van der Waals surface area contributed by atoms with Crippen LogP contribution in [-0.4, -0.2) is 36.3 Å². The second kappa shape index (κ2) is 9.58. The van der Waals surface area contributed by atoms with Crippen LogP contribution in [0.3, 0.4) is 0 Å². The number of carbonyl (C=O) groups excluding carboxylic acids is 1. The van der Waals surface area contributed by atoms with E-state index in [9.17, 15) is 19.7 Å². The Morgan fingerprint density at radius 1 is 1.22 bits per heavy atom. The highest BCUT2D eigenvalue weighted by atomic mass is 32.2. The number of nitrogens with zero attached hydrogens (tertiary/aromatic N) is 4. The van der Waals surface area contributed by atoms with Gasteiger partial charge in [0.1, 0.15) is 0 Å². The minimum Gasteiger partial charge on any atom is -0.301 e. The van der Waals surface area contributed by atoms with E-state index in [1.165, 1.54) is 28.0 Å². The SMILES string of the molecule is O=C(CSc1n[nH]c(=O)n1Cc1ccccc1)Nc1nc(-c2cccc([N+](=O)[O-])c2)cs1. The lowest BCUT2D eigenvalue weighted by atomic mass is 10.1. The molecule has 2 N–H and O–H groups in total. The topological polar surface area (TPSA) is 136 Å². The molecule has 32 heavy (non-hydrogen) atoms. The van der Waals surface area contributed by atoms with Crippen molar-refractivity contribution in [3.63, 3.8) is 0 Å². The van der Waals surface area contributed by atoms with Gasteiger partial charge in [-0.25, -0.2) is 14.9 Å². The molecular formula is C20H16N6O4S2. The predicted octanol–water partition coefficient (Wildman–Crippen LogP) is 3.38. The number of nitro groups is 1. The second-order valence-electron chi connectivity index (χ2n) is 6.57. The van der Waals surface area contributed by atoms with Gasteiger partial charge in [0.05, 0.1) is 22.9 Å². The predicted molar refractivity (Wildman–Crippen MR) is 122 cm³/mol. The molecule has 12 heteroatoms. The van der Waals surface area contributed by atoms with E-state index in [4.69, 9.17) is 0 Å². The van der Waals surface area contributed by atoms with Gasteiger partial charge in [0, 0.05) is 23.1 Å². The molecule has 4 rings (SSSR count). The molecule has 10 nitrogen and oxygen atoms in total. The lowest BCUT2D eigenvalue weighted by Crippen LogP contribution is -2.19. The molecule has 0 spiro atoms. The average molecular weight is 469 g/mol. The maximum atomic E-state index is 12.4. The van der Waals surface area contributed by atoms with Gasteiger partial charge in [0.25, 0.3) is 5.69 Å². The summed E-state index contributed by atoms with van der Waals surface area (Å²) < 4.78 is 1.47. The van der Waals surface area contributed by atoms with Crippen molar-refractivity contribution in [2.45, 2.75) is 11.7 Å². The maximum absolute atomic E-state index is 12.4. The summed E-state index contributed by atoms with van der Waals surface area (Å²) in [5, 5.41) is 22.6. The number of aromatic amines is 1. The number of thiazole rings is 1. The lowest BCUT2D eigenvalue weighted by molar-refractivity contribution is -0.384. The number of benzene rings is 2. The third kappa shape index (κ3) is 5.10. The smallest absolute Gasteiger partial charge is 0.301 e. The van der Waals surface area contributed by atoms with Crippen molar-refractivity contribution in [3.8, 4) is 11.3 Å². The van der Waals surface area contributed by atoms with Gasteiger partial charge in [-0.2, -0.15) is 0 Å². The van der Waals surface area contributed by atoms with Crippen LogP contribution in [0.2, 0.25) is 0 Å². The summed E-state index contributed by atoms with van der Waals surface area (Å²) in [6.07, 6.45) is 0. The van der Waals surface area contributed by atoms with Gasteiger partial charge >= 0.3 is 5.69 Å². The van der Waals surface area contributed by atoms with E-state index in [1.54, 1.807) is 17.5 Å². The largest absolute Gasteiger partial charge is 0.344 e. The van der Waals surface area contributed by atoms with E-state index >= 15 is 0 Å².